The molecule has 0 bridgehead atoms. The Morgan fingerprint density at radius 2 is 2.29 bits per heavy atom. The summed E-state index contributed by atoms with van der Waals surface area (Å²) in [5, 5.41) is 3.43. The van der Waals surface area contributed by atoms with Gasteiger partial charge in [-0.2, -0.15) is 0 Å². The summed E-state index contributed by atoms with van der Waals surface area (Å²) in [4.78, 5) is 2.42. The van der Waals surface area contributed by atoms with E-state index in [1.165, 1.54) is 19.4 Å². The van der Waals surface area contributed by atoms with Crippen LogP contribution in [0.25, 0.3) is 0 Å². The van der Waals surface area contributed by atoms with Crippen LogP contribution in [0.15, 0.2) is 0 Å². The predicted octanol–water partition coefficient (Wildman–Crippen LogP) is 1.10. The molecule has 1 saturated heterocycles. The van der Waals surface area contributed by atoms with E-state index in [9.17, 15) is 0 Å². The third-order valence-corrected chi connectivity index (χ3v) is 2.83. The number of ether oxygens (including phenoxy) is 1. The fourth-order valence-electron chi connectivity index (χ4n) is 1.85. The average molecular weight is 200 g/mol. The van der Waals surface area contributed by atoms with E-state index in [0.717, 1.165) is 32.7 Å². The molecular formula is C11H24N2O. The van der Waals surface area contributed by atoms with E-state index in [2.05, 4.69) is 24.2 Å². The molecule has 14 heavy (non-hydrogen) atoms. The van der Waals surface area contributed by atoms with Crippen LogP contribution >= 0.6 is 0 Å². The number of hydrogen-bond acceptors (Lipinski definition) is 3. The molecule has 1 atom stereocenters. The van der Waals surface area contributed by atoms with Crippen molar-refractivity contribution in [2.45, 2.75) is 32.2 Å². The number of likely N-dealkylation sites (N-methyl/N-ethyl adjacent to an activating group) is 1. The zero-order valence-corrected chi connectivity index (χ0v) is 9.59. The molecule has 1 unspecified atom stereocenters. The number of rotatable bonds is 6. The summed E-state index contributed by atoms with van der Waals surface area (Å²) in [5.74, 6) is 0. The Balaban J connectivity index is 2.04. The zero-order valence-electron chi connectivity index (χ0n) is 9.59. The van der Waals surface area contributed by atoms with Crippen molar-refractivity contribution < 1.29 is 4.74 Å². The Morgan fingerprint density at radius 3 is 2.93 bits per heavy atom. The van der Waals surface area contributed by atoms with Gasteiger partial charge in [-0.1, -0.05) is 6.92 Å². The fraction of sp³-hybridized carbons (Fsp3) is 1.00. The number of nitrogens with zero attached hydrogens (tertiary/aromatic N) is 1. The standard InChI is InChI=1S/C11H24N2O/c1-3-8-14-9-7-13(2)11-5-4-6-12-10-11/h11-12H,3-10H2,1-2H3. The van der Waals surface area contributed by atoms with Gasteiger partial charge >= 0.3 is 0 Å². The highest BCUT2D eigenvalue weighted by Crippen LogP contribution is 2.07. The molecule has 0 aromatic rings. The molecule has 1 fully saturated rings. The van der Waals surface area contributed by atoms with E-state index in [-0.39, 0.29) is 0 Å². The van der Waals surface area contributed by atoms with Gasteiger partial charge in [0.05, 0.1) is 6.61 Å². The predicted molar refractivity (Wildman–Crippen MR) is 59.6 cm³/mol. The van der Waals surface area contributed by atoms with E-state index >= 15 is 0 Å². The van der Waals surface area contributed by atoms with Crippen LogP contribution in [-0.4, -0.2) is 50.8 Å². The van der Waals surface area contributed by atoms with Crippen LogP contribution in [0, 0.1) is 0 Å². The second-order valence-electron chi connectivity index (χ2n) is 4.09. The Hall–Kier alpha value is -0.120. The van der Waals surface area contributed by atoms with Crippen molar-refractivity contribution in [2.24, 2.45) is 0 Å². The second-order valence-corrected chi connectivity index (χ2v) is 4.09. The maximum absolute atomic E-state index is 5.48. The Morgan fingerprint density at radius 1 is 1.43 bits per heavy atom. The van der Waals surface area contributed by atoms with Crippen LogP contribution in [0.5, 0.6) is 0 Å². The molecule has 3 heteroatoms. The van der Waals surface area contributed by atoms with Crippen molar-refractivity contribution in [3.05, 3.63) is 0 Å². The first-order chi connectivity index (χ1) is 6.84. The summed E-state index contributed by atoms with van der Waals surface area (Å²) in [6.45, 7) is 7.32. The molecule has 0 aliphatic carbocycles. The van der Waals surface area contributed by atoms with Gasteiger partial charge in [0.25, 0.3) is 0 Å². The van der Waals surface area contributed by atoms with Gasteiger partial charge in [-0.25, -0.2) is 0 Å². The van der Waals surface area contributed by atoms with Gasteiger partial charge in [0.1, 0.15) is 0 Å². The van der Waals surface area contributed by atoms with Crippen molar-refractivity contribution in [3.63, 3.8) is 0 Å². The van der Waals surface area contributed by atoms with E-state index in [4.69, 9.17) is 4.74 Å². The summed E-state index contributed by atoms with van der Waals surface area (Å²) in [6.07, 6.45) is 3.76. The molecule has 1 heterocycles. The first-order valence-electron chi connectivity index (χ1n) is 5.83. The highest BCUT2D eigenvalue weighted by atomic mass is 16.5. The smallest absolute Gasteiger partial charge is 0.0593 e. The molecule has 0 saturated carbocycles. The minimum absolute atomic E-state index is 0.717. The number of hydrogen-bond donors (Lipinski definition) is 1. The maximum Gasteiger partial charge on any atom is 0.0593 e. The highest BCUT2D eigenvalue weighted by molar-refractivity contribution is 4.76. The molecule has 1 aliphatic heterocycles. The average Bonchev–Trinajstić information content (AvgIpc) is 2.25. The molecule has 0 radical (unpaired) electrons. The first kappa shape index (κ1) is 12.0. The molecule has 0 aromatic carbocycles. The van der Waals surface area contributed by atoms with E-state index in [0.29, 0.717) is 6.04 Å². The molecule has 0 aromatic heterocycles. The summed E-state index contributed by atoms with van der Waals surface area (Å²) in [6, 6.07) is 0.717. The van der Waals surface area contributed by atoms with E-state index in [1.807, 2.05) is 0 Å². The summed E-state index contributed by atoms with van der Waals surface area (Å²) in [7, 11) is 2.20. The monoisotopic (exact) mass is 200 g/mol. The summed E-state index contributed by atoms with van der Waals surface area (Å²) in [5.41, 5.74) is 0. The SMILES string of the molecule is CCCOCCN(C)C1CCCNC1. The second kappa shape index (κ2) is 7.21. The van der Waals surface area contributed by atoms with Crippen LogP contribution in [0.3, 0.4) is 0 Å². The van der Waals surface area contributed by atoms with Crippen molar-refractivity contribution in [1.82, 2.24) is 10.2 Å². The molecule has 3 nitrogen and oxygen atoms in total. The van der Waals surface area contributed by atoms with Crippen LogP contribution in [0.4, 0.5) is 0 Å². The van der Waals surface area contributed by atoms with E-state index in [1.54, 1.807) is 0 Å². The van der Waals surface area contributed by atoms with Gasteiger partial charge in [-0.15, -0.1) is 0 Å². The van der Waals surface area contributed by atoms with Gasteiger partial charge in [0, 0.05) is 25.7 Å². The minimum atomic E-state index is 0.717. The first-order valence-corrected chi connectivity index (χ1v) is 5.83. The van der Waals surface area contributed by atoms with Crippen molar-refractivity contribution in [2.75, 3.05) is 39.9 Å². The third-order valence-electron chi connectivity index (χ3n) is 2.83. The molecule has 0 amide bonds. The molecule has 1 rings (SSSR count). The quantitative estimate of drug-likeness (QED) is 0.650. The molecule has 1 N–H and O–H groups in total. The summed E-state index contributed by atoms with van der Waals surface area (Å²) >= 11 is 0. The zero-order chi connectivity index (χ0) is 10.2. The lowest BCUT2D eigenvalue weighted by atomic mass is 10.1. The molecular weight excluding hydrogens is 176 g/mol. The lowest BCUT2D eigenvalue weighted by Crippen LogP contribution is -2.45. The van der Waals surface area contributed by atoms with Crippen molar-refractivity contribution >= 4 is 0 Å². The molecule has 0 spiro atoms. The Kier molecular flexibility index (Phi) is 6.15. The van der Waals surface area contributed by atoms with Gasteiger partial charge in [0.2, 0.25) is 0 Å². The van der Waals surface area contributed by atoms with Crippen molar-refractivity contribution in [3.8, 4) is 0 Å². The van der Waals surface area contributed by atoms with Crippen LogP contribution in [0.1, 0.15) is 26.2 Å². The highest BCUT2D eigenvalue weighted by Gasteiger charge is 2.16. The van der Waals surface area contributed by atoms with Gasteiger partial charge < -0.3 is 10.1 Å². The van der Waals surface area contributed by atoms with Crippen LogP contribution in [0.2, 0.25) is 0 Å². The van der Waals surface area contributed by atoms with E-state index < -0.39 is 0 Å². The largest absolute Gasteiger partial charge is 0.380 e. The molecule has 84 valence electrons. The van der Waals surface area contributed by atoms with Crippen LogP contribution in [-0.2, 0) is 4.74 Å². The lowest BCUT2D eigenvalue weighted by molar-refractivity contribution is 0.0930. The third kappa shape index (κ3) is 4.40. The topological polar surface area (TPSA) is 24.5 Å². The van der Waals surface area contributed by atoms with Gasteiger partial charge in [-0.05, 0) is 32.9 Å². The Bertz CT molecular complexity index is 135. The lowest BCUT2D eigenvalue weighted by Gasteiger charge is -2.31. The summed E-state index contributed by atoms with van der Waals surface area (Å²) < 4.78 is 5.48. The number of nitrogens with one attached hydrogen (secondary N) is 1. The maximum atomic E-state index is 5.48. The Labute approximate surface area is 87.8 Å². The fourth-order valence-corrected chi connectivity index (χ4v) is 1.85. The van der Waals surface area contributed by atoms with Crippen LogP contribution < -0.4 is 5.32 Å². The van der Waals surface area contributed by atoms with Gasteiger partial charge in [-0.3, -0.25) is 4.90 Å². The number of piperidine rings is 1. The van der Waals surface area contributed by atoms with Gasteiger partial charge in [0.15, 0.2) is 0 Å². The molecule has 1 aliphatic rings. The normalized spacial score (nSPS) is 22.9. The van der Waals surface area contributed by atoms with Crippen molar-refractivity contribution in [1.29, 1.82) is 0 Å². The minimum Gasteiger partial charge on any atom is -0.380 e.